The van der Waals surface area contributed by atoms with Gasteiger partial charge in [-0.25, -0.2) is 4.98 Å². The molecule has 4 heteroatoms. The minimum absolute atomic E-state index is 0.482. The van der Waals surface area contributed by atoms with Crippen molar-refractivity contribution in [3.8, 4) is 0 Å². The Bertz CT molecular complexity index is 324. The van der Waals surface area contributed by atoms with Gasteiger partial charge in [0.25, 0.3) is 0 Å². The molecule has 2 nitrogen and oxygen atoms in total. The zero-order valence-electron chi connectivity index (χ0n) is 7.93. The van der Waals surface area contributed by atoms with Crippen LogP contribution < -0.4 is 5.32 Å². The van der Waals surface area contributed by atoms with Crippen LogP contribution in [0.3, 0.4) is 0 Å². The van der Waals surface area contributed by atoms with Crippen LogP contribution in [0.15, 0.2) is 18.3 Å². The lowest BCUT2D eigenvalue weighted by atomic mass is 10.2. The predicted octanol–water partition coefficient (Wildman–Crippen LogP) is 3.01. The van der Waals surface area contributed by atoms with Crippen molar-refractivity contribution in [2.75, 3.05) is 13.6 Å². The van der Waals surface area contributed by atoms with Crippen LogP contribution in [-0.2, 0) is 0 Å². The Hall–Kier alpha value is -0.570. The highest BCUT2D eigenvalue weighted by atomic mass is 35.5. The van der Waals surface area contributed by atoms with Crippen LogP contribution in [0, 0.1) is 0 Å². The van der Waals surface area contributed by atoms with Crippen molar-refractivity contribution >= 4 is 29.3 Å². The van der Waals surface area contributed by atoms with Crippen molar-refractivity contribution in [3.05, 3.63) is 34.1 Å². The van der Waals surface area contributed by atoms with Crippen LogP contribution in [0.2, 0.25) is 10.2 Å². The van der Waals surface area contributed by atoms with Crippen LogP contribution in [0.1, 0.15) is 12.0 Å². The molecule has 0 aliphatic carbocycles. The fourth-order valence-electron chi connectivity index (χ4n) is 0.993. The Kier molecular flexibility index (Phi) is 4.94. The SMILES string of the molecule is CNCCC=Cc1cc(Cl)cnc1Cl. The Morgan fingerprint density at radius 3 is 3.00 bits per heavy atom. The van der Waals surface area contributed by atoms with E-state index in [1.165, 1.54) is 6.20 Å². The smallest absolute Gasteiger partial charge is 0.136 e. The van der Waals surface area contributed by atoms with Gasteiger partial charge < -0.3 is 5.32 Å². The second kappa shape index (κ2) is 6.02. The topological polar surface area (TPSA) is 24.9 Å². The van der Waals surface area contributed by atoms with Gasteiger partial charge in [-0.1, -0.05) is 35.4 Å². The summed E-state index contributed by atoms with van der Waals surface area (Å²) in [6.45, 7) is 0.947. The first-order valence-electron chi connectivity index (χ1n) is 4.36. The molecule has 1 aromatic rings. The van der Waals surface area contributed by atoms with Crippen molar-refractivity contribution in [1.82, 2.24) is 10.3 Å². The molecule has 0 atom stereocenters. The number of hydrogen-bond acceptors (Lipinski definition) is 2. The Labute approximate surface area is 93.9 Å². The van der Waals surface area contributed by atoms with Gasteiger partial charge in [-0.2, -0.15) is 0 Å². The molecule has 0 spiro atoms. The third-order valence-electron chi connectivity index (χ3n) is 1.69. The lowest BCUT2D eigenvalue weighted by Crippen LogP contribution is -2.05. The van der Waals surface area contributed by atoms with E-state index in [0.29, 0.717) is 10.2 Å². The second-order valence-corrected chi connectivity index (χ2v) is 3.62. The van der Waals surface area contributed by atoms with E-state index in [4.69, 9.17) is 23.2 Å². The minimum atomic E-state index is 0.482. The average molecular weight is 231 g/mol. The molecule has 1 aromatic heterocycles. The van der Waals surface area contributed by atoms with E-state index < -0.39 is 0 Å². The molecule has 0 aliphatic rings. The molecule has 0 aliphatic heterocycles. The zero-order chi connectivity index (χ0) is 10.4. The number of halogens is 2. The summed E-state index contributed by atoms with van der Waals surface area (Å²) >= 11 is 11.7. The van der Waals surface area contributed by atoms with E-state index in [1.807, 2.05) is 19.2 Å². The quantitative estimate of drug-likeness (QED) is 0.636. The monoisotopic (exact) mass is 230 g/mol. The fraction of sp³-hybridized carbons (Fsp3) is 0.300. The van der Waals surface area contributed by atoms with Crippen LogP contribution in [0.25, 0.3) is 6.08 Å². The molecular weight excluding hydrogens is 219 g/mol. The molecule has 1 rings (SSSR count). The average Bonchev–Trinajstić information content (AvgIpc) is 2.18. The molecular formula is C10H12Cl2N2. The molecule has 0 unspecified atom stereocenters. The summed E-state index contributed by atoms with van der Waals surface area (Å²) in [5.41, 5.74) is 0.857. The van der Waals surface area contributed by atoms with Crippen LogP contribution >= 0.6 is 23.2 Å². The largest absolute Gasteiger partial charge is 0.319 e. The maximum absolute atomic E-state index is 5.87. The molecule has 1 heterocycles. The lowest BCUT2D eigenvalue weighted by Gasteiger charge is -1.97. The van der Waals surface area contributed by atoms with E-state index in [9.17, 15) is 0 Å². The molecule has 0 bridgehead atoms. The maximum atomic E-state index is 5.87. The van der Waals surface area contributed by atoms with Gasteiger partial charge in [0.05, 0.1) is 5.02 Å². The van der Waals surface area contributed by atoms with E-state index in [0.717, 1.165) is 18.5 Å². The summed E-state index contributed by atoms with van der Waals surface area (Å²) in [5.74, 6) is 0. The summed E-state index contributed by atoms with van der Waals surface area (Å²) in [7, 11) is 1.92. The first kappa shape index (κ1) is 11.5. The first-order chi connectivity index (χ1) is 6.74. The van der Waals surface area contributed by atoms with E-state index in [1.54, 1.807) is 6.07 Å². The number of nitrogens with one attached hydrogen (secondary N) is 1. The molecule has 0 amide bonds. The highest BCUT2D eigenvalue weighted by molar-refractivity contribution is 6.33. The van der Waals surface area contributed by atoms with Crippen LogP contribution in [0.5, 0.6) is 0 Å². The lowest BCUT2D eigenvalue weighted by molar-refractivity contribution is 0.809. The normalized spacial score (nSPS) is 11.1. The predicted molar refractivity (Wildman–Crippen MR) is 61.8 cm³/mol. The standard InChI is InChI=1S/C10H12Cl2N2/c1-13-5-3-2-4-8-6-9(11)7-14-10(8)12/h2,4,6-7,13H,3,5H2,1H3. The summed E-state index contributed by atoms with van der Waals surface area (Å²) in [4.78, 5) is 3.94. The van der Waals surface area contributed by atoms with Crippen molar-refractivity contribution in [2.45, 2.75) is 6.42 Å². The number of pyridine rings is 1. The van der Waals surface area contributed by atoms with E-state index >= 15 is 0 Å². The van der Waals surface area contributed by atoms with Crippen molar-refractivity contribution in [3.63, 3.8) is 0 Å². The second-order valence-electron chi connectivity index (χ2n) is 2.83. The zero-order valence-corrected chi connectivity index (χ0v) is 9.44. The van der Waals surface area contributed by atoms with Gasteiger partial charge in [0.15, 0.2) is 0 Å². The Balaban J connectivity index is 2.65. The Morgan fingerprint density at radius 1 is 1.50 bits per heavy atom. The van der Waals surface area contributed by atoms with E-state index in [2.05, 4.69) is 10.3 Å². The number of hydrogen-bond donors (Lipinski definition) is 1. The molecule has 76 valence electrons. The third-order valence-corrected chi connectivity index (χ3v) is 2.21. The van der Waals surface area contributed by atoms with Crippen molar-refractivity contribution in [2.24, 2.45) is 0 Å². The highest BCUT2D eigenvalue weighted by Crippen LogP contribution is 2.18. The number of aromatic nitrogens is 1. The van der Waals surface area contributed by atoms with E-state index in [-0.39, 0.29) is 0 Å². The molecule has 1 N–H and O–H groups in total. The summed E-state index contributed by atoms with van der Waals surface area (Å²) in [6.07, 6.45) is 6.46. The van der Waals surface area contributed by atoms with Gasteiger partial charge in [0, 0.05) is 11.8 Å². The maximum Gasteiger partial charge on any atom is 0.136 e. The molecule has 0 fully saturated rings. The van der Waals surface area contributed by atoms with Gasteiger partial charge in [-0.15, -0.1) is 0 Å². The third kappa shape index (κ3) is 3.66. The van der Waals surface area contributed by atoms with Crippen LogP contribution in [0.4, 0.5) is 0 Å². The van der Waals surface area contributed by atoms with Gasteiger partial charge in [-0.05, 0) is 26.1 Å². The Morgan fingerprint density at radius 2 is 2.29 bits per heavy atom. The first-order valence-corrected chi connectivity index (χ1v) is 5.12. The van der Waals surface area contributed by atoms with Crippen molar-refractivity contribution in [1.29, 1.82) is 0 Å². The van der Waals surface area contributed by atoms with Gasteiger partial charge in [-0.3, -0.25) is 0 Å². The summed E-state index contributed by atoms with van der Waals surface area (Å²) < 4.78 is 0. The minimum Gasteiger partial charge on any atom is -0.319 e. The summed E-state index contributed by atoms with van der Waals surface area (Å²) in [6, 6.07) is 1.80. The number of nitrogens with zero attached hydrogens (tertiary/aromatic N) is 1. The van der Waals surface area contributed by atoms with Gasteiger partial charge >= 0.3 is 0 Å². The molecule has 14 heavy (non-hydrogen) atoms. The molecule has 0 aromatic carbocycles. The summed E-state index contributed by atoms with van der Waals surface area (Å²) in [5, 5.41) is 4.14. The van der Waals surface area contributed by atoms with Gasteiger partial charge in [0.1, 0.15) is 5.15 Å². The fourth-order valence-corrected chi connectivity index (χ4v) is 1.33. The van der Waals surface area contributed by atoms with Crippen molar-refractivity contribution < 1.29 is 0 Å². The molecule has 0 saturated heterocycles. The highest BCUT2D eigenvalue weighted by Gasteiger charge is 1.97. The van der Waals surface area contributed by atoms with Gasteiger partial charge in [0.2, 0.25) is 0 Å². The van der Waals surface area contributed by atoms with Crippen LogP contribution in [-0.4, -0.2) is 18.6 Å². The number of rotatable bonds is 4. The molecule has 0 saturated carbocycles. The molecule has 0 radical (unpaired) electrons.